The Morgan fingerprint density at radius 2 is 2.20 bits per heavy atom. The zero-order valence-corrected chi connectivity index (χ0v) is 7.29. The van der Waals surface area contributed by atoms with E-state index in [0.717, 1.165) is 5.71 Å². The largest absolute Gasteiger partial charge is 0.272 e. The van der Waals surface area contributed by atoms with Gasteiger partial charge in [-0.3, -0.25) is 4.79 Å². The molecule has 0 aromatic heterocycles. The standard InChI is InChI=1S/C7H11NOS/c1-5-7(2,3)10-4-6(9)8-5/h4H2,1-3H3. The van der Waals surface area contributed by atoms with Crippen molar-refractivity contribution in [2.24, 2.45) is 4.99 Å². The third-order valence-electron chi connectivity index (χ3n) is 1.72. The Labute approximate surface area is 65.1 Å². The predicted molar refractivity (Wildman–Crippen MR) is 44.7 cm³/mol. The van der Waals surface area contributed by atoms with E-state index in [1.807, 2.05) is 6.92 Å². The molecule has 1 aliphatic heterocycles. The zero-order valence-electron chi connectivity index (χ0n) is 6.47. The first-order valence-electron chi connectivity index (χ1n) is 3.25. The van der Waals surface area contributed by atoms with Crippen molar-refractivity contribution in [2.45, 2.75) is 25.5 Å². The number of carbonyl (C=O) groups excluding carboxylic acids is 1. The molecule has 0 radical (unpaired) electrons. The molecule has 0 N–H and O–H groups in total. The van der Waals surface area contributed by atoms with Gasteiger partial charge in [-0.15, -0.1) is 11.8 Å². The molecular weight excluding hydrogens is 146 g/mol. The molecule has 0 unspecified atom stereocenters. The molecule has 56 valence electrons. The van der Waals surface area contributed by atoms with Crippen molar-refractivity contribution in [3.63, 3.8) is 0 Å². The lowest BCUT2D eigenvalue weighted by Gasteiger charge is -2.26. The minimum Gasteiger partial charge on any atom is -0.272 e. The summed E-state index contributed by atoms with van der Waals surface area (Å²) in [4.78, 5) is 14.6. The monoisotopic (exact) mass is 157 g/mol. The van der Waals surface area contributed by atoms with Crippen molar-refractivity contribution in [1.82, 2.24) is 0 Å². The molecule has 0 aromatic rings. The fourth-order valence-corrected chi connectivity index (χ4v) is 1.50. The van der Waals surface area contributed by atoms with Crippen LogP contribution in [0.5, 0.6) is 0 Å². The quantitative estimate of drug-likeness (QED) is 0.533. The molecule has 1 rings (SSSR count). The number of carbonyl (C=O) groups is 1. The summed E-state index contributed by atoms with van der Waals surface area (Å²) in [5.41, 5.74) is 0.939. The van der Waals surface area contributed by atoms with Crippen LogP contribution < -0.4 is 0 Å². The summed E-state index contributed by atoms with van der Waals surface area (Å²) in [5.74, 6) is 0.534. The van der Waals surface area contributed by atoms with E-state index in [2.05, 4.69) is 18.8 Å². The molecule has 0 aromatic carbocycles. The molecule has 0 atom stereocenters. The van der Waals surface area contributed by atoms with E-state index in [1.165, 1.54) is 0 Å². The molecule has 3 heteroatoms. The molecule has 0 saturated carbocycles. The van der Waals surface area contributed by atoms with Gasteiger partial charge in [0.05, 0.1) is 5.75 Å². The van der Waals surface area contributed by atoms with Gasteiger partial charge in [-0.25, -0.2) is 4.99 Å². The summed E-state index contributed by atoms with van der Waals surface area (Å²) in [7, 11) is 0. The molecule has 0 aliphatic carbocycles. The van der Waals surface area contributed by atoms with E-state index in [9.17, 15) is 4.79 Å². The Morgan fingerprint density at radius 3 is 2.60 bits per heavy atom. The maximum Gasteiger partial charge on any atom is 0.255 e. The second-order valence-electron chi connectivity index (χ2n) is 2.89. The molecule has 0 spiro atoms. The van der Waals surface area contributed by atoms with Gasteiger partial charge in [0.25, 0.3) is 5.91 Å². The van der Waals surface area contributed by atoms with Gasteiger partial charge in [0.2, 0.25) is 0 Å². The van der Waals surface area contributed by atoms with E-state index in [1.54, 1.807) is 11.8 Å². The van der Waals surface area contributed by atoms with Crippen molar-refractivity contribution < 1.29 is 4.79 Å². The Morgan fingerprint density at radius 1 is 1.60 bits per heavy atom. The Hall–Kier alpha value is -0.310. The van der Waals surface area contributed by atoms with Crippen LogP contribution in [0.1, 0.15) is 20.8 Å². The van der Waals surface area contributed by atoms with E-state index in [4.69, 9.17) is 0 Å². The first-order valence-corrected chi connectivity index (χ1v) is 4.23. The molecule has 2 nitrogen and oxygen atoms in total. The molecule has 10 heavy (non-hydrogen) atoms. The number of aliphatic imine (C=N–C) groups is 1. The van der Waals surface area contributed by atoms with Crippen LogP contribution >= 0.6 is 11.8 Å². The summed E-state index contributed by atoms with van der Waals surface area (Å²) < 4.78 is 0.0634. The second kappa shape index (κ2) is 2.38. The van der Waals surface area contributed by atoms with Crippen LogP contribution in [0.2, 0.25) is 0 Å². The van der Waals surface area contributed by atoms with Crippen LogP contribution in [0.4, 0.5) is 0 Å². The van der Waals surface area contributed by atoms with E-state index >= 15 is 0 Å². The second-order valence-corrected chi connectivity index (χ2v) is 4.49. The van der Waals surface area contributed by atoms with E-state index in [0.29, 0.717) is 5.75 Å². The summed E-state index contributed by atoms with van der Waals surface area (Å²) in [6, 6.07) is 0. The first-order chi connectivity index (χ1) is 4.52. The number of nitrogens with zero attached hydrogens (tertiary/aromatic N) is 1. The number of rotatable bonds is 0. The van der Waals surface area contributed by atoms with Gasteiger partial charge in [-0.05, 0) is 20.8 Å². The average molecular weight is 157 g/mol. The van der Waals surface area contributed by atoms with Crippen molar-refractivity contribution in [2.75, 3.05) is 5.75 Å². The highest BCUT2D eigenvalue weighted by molar-refractivity contribution is 8.02. The molecular formula is C7H11NOS. The van der Waals surface area contributed by atoms with Gasteiger partial charge in [0.15, 0.2) is 0 Å². The lowest BCUT2D eigenvalue weighted by Crippen LogP contribution is -2.31. The van der Waals surface area contributed by atoms with Gasteiger partial charge >= 0.3 is 0 Å². The third-order valence-corrected chi connectivity index (χ3v) is 3.13. The van der Waals surface area contributed by atoms with Crippen molar-refractivity contribution in [3.8, 4) is 0 Å². The average Bonchev–Trinajstić information content (AvgIpc) is 1.81. The molecule has 0 bridgehead atoms. The maximum atomic E-state index is 10.8. The summed E-state index contributed by atoms with van der Waals surface area (Å²) in [6.45, 7) is 6.08. The maximum absolute atomic E-state index is 10.8. The van der Waals surface area contributed by atoms with E-state index in [-0.39, 0.29) is 10.7 Å². The highest BCUT2D eigenvalue weighted by Gasteiger charge is 2.27. The number of hydrogen-bond donors (Lipinski definition) is 0. The Kier molecular flexibility index (Phi) is 1.86. The zero-order chi connectivity index (χ0) is 7.78. The molecule has 0 saturated heterocycles. The van der Waals surface area contributed by atoms with Gasteiger partial charge in [0, 0.05) is 10.5 Å². The number of thioether (sulfide) groups is 1. The van der Waals surface area contributed by atoms with Crippen LogP contribution in [0, 0.1) is 0 Å². The summed E-state index contributed by atoms with van der Waals surface area (Å²) >= 11 is 1.66. The van der Waals surface area contributed by atoms with Crippen molar-refractivity contribution in [3.05, 3.63) is 0 Å². The highest BCUT2D eigenvalue weighted by Crippen LogP contribution is 2.29. The first kappa shape index (κ1) is 7.79. The van der Waals surface area contributed by atoms with Crippen LogP contribution in [0.3, 0.4) is 0 Å². The number of hydrogen-bond acceptors (Lipinski definition) is 2. The van der Waals surface area contributed by atoms with Gasteiger partial charge in [-0.2, -0.15) is 0 Å². The predicted octanol–water partition coefficient (Wildman–Crippen LogP) is 1.50. The molecule has 0 fully saturated rings. The van der Waals surface area contributed by atoms with Crippen molar-refractivity contribution in [1.29, 1.82) is 0 Å². The fourth-order valence-electron chi connectivity index (χ4n) is 0.701. The van der Waals surface area contributed by atoms with Gasteiger partial charge < -0.3 is 0 Å². The molecule has 1 amide bonds. The SMILES string of the molecule is CC1=NC(=O)CSC1(C)C. The molecule has 1 heterocycles. The Balaban J connectivity index is 2.88. The topological polar surface area (TPSA) is 29.4 Å². The van der Waals surface area contributed by atoms with E-state index < -0.39 is 0 Å². The fraction of sp³-hybridized carbons (Fsp3) is 0.714. The normalized spacial score (nSPS) is 24.3. The van der Waals surface area contributed by atoms with Crippen LogP contribution in [-0.4, -0.2) is 22.1 Å². The smallest absolute Gasteiger partial charge is 0.255 e. The van der Waals surface area contributed by atoms with Gasteiger partial charge in [0.1, 0.15) is 0 Å². The minimum atomic E-state index is 0.00169. The summed E-state index contributed by atoms with van der Waals surface area (Å²) in [6.07, 6.45) is 0. The van der Waals surface area contributed by atoms with Crippen LogP contribution in [0.25, 0.3) is 0 Å². The van der Waals surface area contributed by atoms with Crippen molar-refractivity contribution >= 4 is 23.4 Å². The lowest BCUT2D eigenvalue weighted by atomic mass is 10.1. The van der Waals surface area contributed by atoms with Gasteiger partial charge in [-0.1, -0.05) is 0 Å². The third kappa shape index (κ3) is 1.40. The minimum absolute atomic E-state index is 0.00169. The lowest BCUT2D eigenvalue weighted by molar-refractivity contribution is -0.115. The molecule has 1 aliphatic rings. The van der Waals surface area contributed by atoms with Crippen LogP contribution in [0.15, 0.2) is 4.99 Å². The number of amides is 1. The Bertz CT molecular complexity index is 196. The summed E-state index contributed by atoms with van der Waals surface area (Å²) in [5, 5.41) is 0. The van der Waals surface area contributed by atoms with Crippen LogP contribution in [-0.2, 0) is 4.79 Å². The highest BCUT2D eigenvalue weighted by atomic mass is 32.2.